The molecule has 0 aliphatic carbocycles. The van der Waals surface area contributed by atoms with Crippen LogP contribution in [0.25, 0.3) is 0 Å². The zero-order valence-corrected chi connectivity index (χ0v) is 14.4. The molecule has 2 N–H and O–H groups in total. The number of hydrogen-bond acceptors (Lipinski definition) is 4. The number of carbonyl (C=O) groups excluding carboxylic acids is 2. The summed E-state index contributed by atoms with van der Waals surface area (Å²) in [5, 5.41) is 3.22. The molecule has 7 heteroatoms. The minimum atomic E-state index is -0.419. The second-order valence-electron chi connectivity index (χ2n) is 6.30. The number of quaternary nitrogens is 1. The van der Waals surface area contributed by atoms with E-state index in [4.69, 9.17) is 21.1 Å². The predicted octanol–water partition coefficient (Wildman–Crippen LogP) is 1.04. The molecule has 3 atom stereocenters. The molecule has 2 saturated heterocycles. The summed E-state index contributed by atoms with van der Waals surface area (Å²) in [6, 6.07) is 4.95. The number of fused-ring (bicyclic) bond motifs is 1. The maximum absolute atomic E-state index is 12.4. The summed E-state index contributed by atoms with van der Waals surface area (Å²) >= 11 is 6.06. The van der Waals surface area contributed by atoms with Crippen LogP contribution in [0.3, 0.4) is 0 Å². The summed E-state index contributed by atoms with van der Waals surface area (Å²) in [5.41, 5.74) is 0.583. The van der Waals surface area contributed by atoms with E-state index in [0.717, 1.165) is 25.8 Å². The SMILES string of the molecule is COc1ccc(NC(=O)C[C@H]2C(=O)OC[C@H]3CCCC[NH+]32)cc1Cl. The first-order valence-corrected chi connectivity index (χ1v) is 8.62. The second kappa shape index (κ2) is 7.40. The molecule has 3 rings (SSSR count). The first-order chi connectivity index (χ1) is 11.6. The summed E-state index contributed by atoms with van der Waals surface area (Å²) in [6.45, 7) is 1.40. The van der Waals surface area contributed by atoms with Gasteiger partial charge in [-0.3, -0.25) is 4.79 Å². The van der Waals surface area contributed by atoms with Gasteiger partial charge in [-0.25, -0.2) is 4.79 Å². The van der Waals surface area contributed by atoms with Gasteiger partial charge in [0.05, 0.1) is 25.1 Å². The van der Waals surface area contributed by atoms with Crippen LogP contribution in [0.1, 0.15) is 25.7 Å². The van der Waals surface area contributed by atoms with Crippen molar-refractivity contribution in [2.24, 2.45) is 0 Å². The molecule has 2 aliphatic heterocycles. The van der Waals surface area contributed by atoms with Crippen LogP contribution >= 0.6 is 11.6 Å². The van der Waals surface area contributed by atoms with Crippen molar-refractivity contribution >= 4 is 29.2 Å². The highest BCUT2D eigenvalue weighted by Crippen LogP contribution is 2.27. The van der Waals surface area contributed by atoms with Gasteiger partial charge >= 0.3 is 5.97 Å². The molecule has 2 aliphatic rings. The standard InChI is InChI=1S/C17H21ClN2O4/c1-23-15-6-5-11(8-13(15)18)19-16(21)9-14-17(22)24-10-12-4-2-3-7-20(12)14/h5-6,8,12,14H,2-4,7,9-10H2,1H3,(H,19,21)/p+1/t12-,14+/m1/s1. The monoisotopic (exact) mass is 353 g/mol. The minimum absolute atomic E-state index is 0.119. The average molecular weight is 354 g/mol. The largest absolute Gasteiger partial charge is 0.495 e. The lowest BCUT2D eigenvalue weighted by Crippen LogP contribution is -3.22. The van der Waals surface area contributed by atoms with Crippen molar-refractivity contribution in [2.45, 2.75) is 37.8 Å². The second-order valence-corrected chi connectivity index (χ2v) is 6.71. The van der Waals surface area contributed by atoms with Crippen LogP contribution in [-0.2, 0) is 14.3 Å². The van der Waals surface area contributed by atoms with Crippen LogP contribution in [-0.4, -0.2) is 44.2 Å². The van der Waals surface area contributed by atoms with Gasteiger partial charge in [0.1, 0.15) is 18.4 Å². The van der Waals surface area contributed by atoms with Crippen molar-refractivity contribution in [1.29, 1.82) is 0 Å². The summed E-state index contributed by atoms with van der Waals surface area (Å²) in [7, 11) is 1.53. The van der Waals surface area contributed by atoms with E-state index >= 15 is 0 Å². The smallest absolute Gasteiger partial charge is 0.365 e. The number of anilines is 1. The van der Waals surface area contributed by atoms with Gasteiger partial charge in [0.25, 0.3) is 0 Å². The molecule has 0 saturated carbocycles. The van der Waals surface area contributed by atoms with E-state index in [0.29, 0.717) is 29.1 Å². The van der Waals surface area contributed by atoms with Crippen LogP contribution in [0, 0.1) is 0 Å². The third-order valence-electron chi connectivity index (χ3n) is 4.78. The Kier molecular flexibility index (Phi) is 5.26. The van der Waals surface area contributed by atoms with Gasteiger partial charge in [-0.05, 0) is 31.0 Å². The Bertz CT molecular complexity index is 637. The zero-order chi connectivity index (χ0) is 17.1. The van der Waals surface area contributed by atoms with E-state index in [1.165, 1.54) is 12.0 Å². The van der Waals surface area contributed by atoms with Gasteiger partial charge in [0, 0.05) is 12.1 Å². The summed E-state index contributed by atoms with van der Waals surface area (Å²) < 4.78 is 10.4. The van der Waals surface area contributed by atoms with Gasteiger partial charge in [0.2, 0.25) is 5.91 Å². The highest BCUT2D eigenvalue weighted by atomic mass is 35.5. The summed E-state index contributed by atoms with van der Waals surface area (Å²) in [4.78, 5) is 25.7. The molecule has 0 bridgehead atoms. The molecule has 1 aromatic carbocycles. The number of ether oxygens (including phenoxy) is 2. The molecule has 6 nitrogen and oxygen atoms in total. The molecule has 24 heavy (non-hydrogen) atoms. The van der Waals surface area contributed by atoms with Crippen molar-refractivity contribution in [3.05, 3.63) is 23.2 Å². The van der Waals surface area contributed by atoms with E-state index in [1.807, 2.05) is 0 Å². The molecule has 2 fully saturated rings. The Hall–Kier alpha value is -1.79. The fraction of sp³-hybridized carbons (Fsp3) is 0.529. The number of esters is 1. The predicted molar refractivity (Wildman–Crippen MR) is 89.5 cm³/mol. The Morgan fingerprint density at radius 1 is 1.46 bits per heavy atom. The molecule has 1 unspecified atom stereocenters. The number of benzene rings is 1. The van der Waals surface area contributed by atoms with Gasteiger partial charge in [-0.15, -0.1) is 0 Å². The van der Waals surface area contributed by atoms with Crippen molar-refractivity contribution in [1.82, 2.24) is 0 Å². The molecular weight excluding hydrogens is 332 g/mol. The topological polar surface area (TPSA) is 69.1 Å². The summed E-state index contributed by atoms with van der Waals surface area (Å²) in [6.07, 6.45) is 3.42. The average Bonchev–Trinajstić information content (AvgIpc) is 2.58. The number of nitrogens with one attached hydrogen (secondary N) is 2. The van der Waals surface area contributed by atoms with Crippen LogP contribution < -0.4 is 15.0 Å². The normalized spacial score (nSPS) is 26.2. The number of rotatable bonds is 4. The van der Waals surface area contributed by atoms with Crippen LogP contribution in [0.15, 0.2) is 18.2 Å². The Morgan fingerprint density at radius 2 is 2.29 bits per heavy atom. The molecule has 1 amide bonds. The first kappa shape index (κ1) is 17.0. The van der Waals surface area contributed by atoms with Crippen molar-refractivity contribution in [3.63, 3.8) is 0 Å². The van der Waals surface area contributed by atoms with E-state index in [1.54, 1.807) is 18.2 Å². The molecule has 1 aromatic rings. The van der Waals surface area contributed by atoms with Crippen molar-refractivity contribution in [2.75, 3.05) is 25.6 Å². The number of cyclic esters (lactones) is 1. The number of piperidine rings is 1. The van der Waals surface area contributed by atoms with Gasteiger partial charge in [-0.1, -0.05) is 11.6 Å². The molecule has 0 aromatic heterocycles. The molecule has 130 valence electrons. The fourth-order valence-electron chi connectivity index (χ4n) is 3.55. The Labute approximate surface area is 146 Å². The lowest BCUT2D eigenvalue weighted by Gasteiger charge is -2.40. The van der Waals surface area contributed by atoms with Crippen molar-refractivity contribution in [3.8, 4) is 5.75 Å². The van der Waals surface area contributed by atoms with E-state index in [9.17, 15) is 9.59 Å². The van der Waals surface area contributed by atoms with E-state index in [2.05, 4.69) is 5.32 Å². The molecule has 0 radical (unpaired) electrons. The Morgan fingerprint density at radius 3 is 3.04 bits per heavy atom. The van der Waals surface area contributed by atoms with Crippen molar-refractivity contribution < 1.29 is 24.0 Å². The molecular formula is C17H22ClN2O4+. The lowest BCUT2D eigenvalue weighted by atomic mass is 9.97. The number of methoxy groups -OCH3 is 1. The summed E-state index contributed by atoms with van der Waals surface area (Å²) in [5.74, 6) is 0.0640. The maximum atomic E-state index is 12.4. The number of carbonyl (C=O) groups is 2. The van der Waals surface area contributed by atoms with Gasteiger partial charge in [-0.2, -0.15) is 0 Å². The van der Waals surface area contributed by atoms with Gasteiger partial charge < -0.3 is 19.7 Å². The Balaban J connectivity index is 1.64. The zero-order valence-electron chi connectivity index (χ0n) is 13.6. The number of amides is 1. The maximum Gasteiger partial charge on any atom is 0.365 e. The third-order valence-corrected chi connectivity index (χ3v) is 5.07. The quantitative estimate of drug-likeness (QED) is 0.794. The fourth-order valence-corrected chi connectivity index (χ4v) is 3.81. The van der Waals surface area contributed by atoms with Gasteiger partial charge in [0.15, 0.2) is 6.04 Å². The highest BCUT2D eigenvalue weighted by molar-refractivity contribution is 6.32. The minimum Gasteiger partial charge on any atom is -0.495 e. The number of halogens is 1. The molecule has 0 spiro atoms. The van der Waals surface area contributed by atoms with Crippen LogP contribution in [0.4, 0.5) is 5.69 Å². The highest BCUT2D eigenvalue weighted by Gasteiger charge is 2.43. The molecule has 2 heterocycles. The van der Waals surface area contributed by atoms with Crippen LogP contribution in [0.5, 0.6) is 5.75 Å². The van der Waals surface area contributed by atoms with Crippen LogP contribution in [0.2, 0.25) is 5.02 Å². The number of morpholine rings is 1. The van der Waals surface area contributed by atoms with E-state index < -0.39 is 6.04 Å². The first-order valence-electron chi connectivity index (χ1n) is 8.24. The third kappa shape index (κ3) is 3.65. The lowest BCUT2D eigenvalue weighted by molar-refractivity contribution is -0.951. The van der Waals surface area contributed by atoms with E-state index in [-0.39, 0.29) is 18.3 Å². The number of hydrogen-bond donors (Lipinski definition) is 2.